The molecule has 0 N–H and O–H groups in total. The third-order valence-electron chi connectivity index (χ3n) is 5.75. The Labute approximate surface area is 214 Å². The molecule has 0 aromatic rings. The van der Waals surface area contributed by atoms with Crippen LogP contribution in [0.3, 0.4) is 0 Å². The summed E-state index contributed by atoms with van der Waals surface area (Å²) in [5, 5.41) is 0. The quantitative estimate of drug-likeness (QED) is 0.152. The molecule has 0 atom stereocenters. The highest BCUT2D eigenvalue weighted by Crippen LogP contribution is 2.24. The first-order chi connectivity index (χ1) is 15.4. The third-order valence-corrected chi connectivity index (χ3v) is 5.75. The summed E-state index contributed by atoms with van der Waals surface area (Å²) in [7, 11) is 0. The van der Waals surface area contributed by atoms with Gasteiger partial charge in [0.1, 0.15) is 0 Å². The van der Waals surface area contributed by atoms with Gasteiger partial charge < -0.3 is 18.9 Å². The Balaban J connectivity index is 5.05. The Morgan fingerprint density at radius 3 is 1.06 bits per heavy atom. The van der Waals surface area contributed by atoms with Crippen LogP contribution in [-0.2, 0) is 18.9 Å². The van der Waals surface area contributed by atoms with E-state index in [0.29, 0.717) is 37.3 Å². The Morgan fingerprint density at radius 1 is 0.441 bits per heavy atom. The van der Waals surface area contributed by atoms with E-state index in [1.807, 2.05) is 0 Å². The third kappa shape index (κ3) is 23.6. The number of ether oxygens (including phenoxy) is 4. The first-order valence-corrected chi connectivity index (χ1v) is 13.8. The Kier molecular flexibility index (Phi) is 15.8. The standard InChI is InChI=1S/C30H62O4/c1-27(2,3)15-13-19-33-26(34-20-14-16-28(4,5)6)25(23-31-21-17-29(7,8)9)24-32-22-18-30(10,11)12/h25-26H,13-24H2,1-12H3. The zero-order valence-electron chi connectivity index (χ0n) is 25.3. The zero-order chi connectivity index (χ0) is 26.5. The van der Waals surface area contributed by atoms with Crippen LogP contribution in [-0.4, -0.2) is 45.9 Å². The fourth-order valence-corrected chi connectivity index (χ4v) is 3.36. The van der Waals surface area contributed by atoms with Crippen LogP contribution < -0.4 is 0 Å². The second kappa shape index (κ2) is 15.8. The molecule has 4 nitrogen and oxygen atoms in total. The van der Waals surface area contributed by atoms with Crippen molar-refractivity contribution in [3.8, 4) is 0 Å². The van der Waals surface area contributed by atoms with Crippen LogP contribution >= 0.6 is 0 Å². The van der Waals surface area contributed by atoms with Gasteiger partial charge in [0.25, 0.3) is 0 Å². The molecular formula is C30H62O4. The highest BCUT2D eigenvalue weighted by molar-refractivity contribution is 4.68. The summed E-state index contributed by atoms with van der Waals surface area (Å²) in [5.41, 5.74) is 1.17. The summed E-state index contributed by atoms with van der Waals surface area (Å²) in [4.78, 5) is 0. The van der Waals surface area contributed by atoms with E-state index in [1.165, 1.54) is 0 Å². The van der Waals surface area contributed by atoms with Gasteiger partial charge in [-0.25, -0.2) is 0 Å². The minimum absolute atomic E-state index is 0.0733. The van der Waals surface area contributed by atoms with Crippen molar-refractivity contribution in [1.29, 1.82) is 0 Å². The lowest BCUT2D eigenvalue weighted by atomic mass is 9.91. The van der Waals surface area contributed by atoms with Gasteiger partial charge in [-0.15, -0.1) is 0 Å². The molecule has 4 heteroatoms. The average Bonchev–Trinajstić information content (AvgIpc) is 2.62. The van der Waals surface area contributed by atoms with E-state index in [1.54, 1.807) is 0 Å². The molecule has 0 aliphatic heterocycles. The molecule has 0 bridgehead atoms. The summed E-state index contributed by atoms with van der Waals surface area (Å²) in [6.07, 6.45) is 6.13. The maximum atomic E-state index is 6.35. The molecule has 0 fully saturated rings. The minimum Gasteiger partial charge on any atom is -0.381 e. The second-order valence-corrected chi connectivity index (χ2v) is 15.0. The molecule has 0 saturated heterocycles. The largest absolute Gasteiger partial charge is 0.381 e. The van der Waals surface area contributed by atoms with Crippen LogP contribution in [0, 0.1) is 27.6 Å². The number of hydrogen-bond donors (Lipinski definition) is 0. The van der Waals surface area contributed by atoms with Crippen molar-refractivity contribution in [2.24, 2.45) is 27.6 Å². The van der Waals surface area contributed by atoms with Crippen molar-refractivity contribution in [2.75, 3.05) is 39.6 Å². The topological polar surface area (TPSA) is 36.9 Å². The SMILES string of the molecule is CC(C)(C)CCCOC(OCCCC(C)(C)C)C(COCCC(C)(C)C)COCCC(C)(C)C. The average molecular weight is 487 g/mol. The lowest BCUT2D eigenvalue weighted by Crippen LogP contribution is -2.35. The lowest BCUT2D eigenvalue weighted by molar-refractivity contribution is -0.195. The van der Waals surface area contributed by atoms with Crippen molar-refractivity contribution >= 4 is 0 Å². The van der Waals surface area contributed by atoms with Crippen LogP contribution in [0.2, 0.25) is 0 Å². The van der Waals surface area contributed by atoms with E-state index in [9.17, 15) is 0 Å². The van der Waals surface area contributed by atoms with Gasteiger partial charge in [0.2, 0.25) is 0 Å². The lowest BCUT2D eigenvalue weighted by Gasteiger charge is -2.29. The first kappa shape index (κ1) is 33.8. The van der Waals surface area contributed by atoms with Crippen molar-refractivity contribution in [3.05, 3.63) is 0 Å². The monoisotopic (exact) mass is 486 g/mol. The van der Waals surface area contributed by atoms with Crippen molar-refractivity contribution in [1.82, 2.24) is 0 Å². The van der Waals surface area contributed by atoms with E-state index >= 15 is 0 Å². The highest BCUT2D eigenvalue weighted by atomic mass is 16.7. The van der Waals surface area contributed by atoms with E-state index in [-0.39, 0.29) is 23.0 Å². The number of rotatable bonds is 17. The molecule has 0 aliphatic rings. The van der Waals surface area contributed by atoms with Gasteiger partial charge in [0.05, 0.1) is 19.1 Å². The molecule has 0 heterocycles. The van der Waals surface area contributed by atoms with Crippen LogP contribution in [0.1, 0.15) is 122 Å². The smallest absolute Gasteiger partial charge is 0.164 e. The maximum absolute atomic E-state index is 6.35. The normalized spacial score (nSPS) is 13.9. The molecule has 0 radical (unpaired) electrons. The van der Waals surface area contributed by atoms with E-state index < -0.39 is 0 Å². The van der Waals surface area contributed by atoms with Crippen LogP contribution in [0.25, 0.3) is 0 Å². The minimum atomic E-state index is -0.288. The highest BCUT2D eigenvalue weighted by Gasteiger charge is 2.25. The molecule has 206 valence electrons. The van der Waals surface area contributed by atoms with E-state index in [0.717, 1.165) is 51.7 Å². The van der Waals surface area contributed by atoms with Gasteiger partial charge in [-0.1, -0.05) is 83.1 Å². The van der Waals surface area contributed by atoms with E-state index in [2.05, 4.69) is 83.1 Å². The van der Waals surface area contributed by atoms with Crippen molar-refractivity contribution in [3.63, 3.8) is 0 Å². The van der Waals surface area contributed by atoms with Crippen molar-refractivity contribution in [2.45, 2.75) is 128 Å². The zero-order valence-corrected chi connectivity index (χ0v) is 25.3. The van der Waals surface area contributed by atoms with Crippen LogP contribution in [0.4, 0.5) is 0 Å². The van der Waals surface area contributed by atoms with Gasteiger partial charge >= 0.3 is 0 Å². The van der Waals surface area contributed by atoms with Gasteiger partial charge in [0, 0.05) is 26.4 Å². The molecular weight excluding hydrogens is 424 g/mol. The summed E-state index contributed by atoms with van der Waals surface area (Å²) < 4.78 is 25.0. The maximum Gasteiger partial charge on any atom is 0.164 e. The van der Waals surface area contributed by atoms with Gasteiger partial charge in [-0.2, -0.15) is 0 Å². The molecule has 0 rings (SSSR count). The fourth-order valence-electron chi connectivity index (χ4n) is 3.36. The van der Waals surface area contributed by atoms with E-state index in [4.69, 9.17) is 18.9 Å². The fraction of sp³-hybridized carbons (Fsp3) is 1.00. The molecule has 34 heavy (non-hydrogen) atoms. The second-order valence-electron chi connectivity index (χ2n) is 15.0. The predicted molar refractivity (Wildman–Crippen MR) is 146 cm³/mol. The number of hydrogen-bond acceptors (Lipinski definition) is 4. The Bertz CT molecular complexity index is 398. The molecule has 0 unspecified atom stereocenters. The summed E-state index contributed by atoms with van der Waals surface area (Å²) in [6, 6.07) is 0. The molecule has 0 saturated carbocycles. The predicted octanol–water partition coefficient (Wildman–Crippen LogP) is 8.52. The molecule has 0 spiro atoms. The van der Waals surface area contributed by atoms with Gasteiger partial charge in [0.15, 0.2) is 6.29 Å². The molecule has 0 amide bonds. The Morgan fingerprint density at radius 2 is 0.765 bits per heavy atom. The van der Waals surface area contributed by atoms with Gasteiger partial charge in [-0.3, -0.25) is 0 Å². The summed E-state index contributed by atoms with van der Waals surface area (Å²) in [6.45, 7) is 31.3. The van der Waals surface area contributed by atoms with Crippen LogP contribution in [0.15, 0.2) is 0 Å². The van der Waals surface area contributed by atoms with Gasteiger partial charge in [-0.05, 0) is 60.2 Å². The van der Waals surface area contributed by atoms with Crippen molar-refractivity contribution < 1.29 is 18.9 Å². The molecule has 0 aromatic heterocycles. The summed E-state index contributed by atoms with van der Waals surface area (Å²) >= 11 is 0. The molecule has 0 aromatic carbocycles. The van der Waals surface area contributed by atoms with Crippen LogP contribution in [0.5, 0.6) is 0 Å². The first-order valence-electron chi connectivity index (χ1n) is 13.8. The summed E-state index contributed by atoms with van der Waals surface area (Å²) in [5.74, 6) is 0.0733. The Hall–Kier alpha value is -0.160. The molecule has 0 aliphatic carbocycles.